The first-order valence-corrected chi connectivity index (χ1v) is 5.40. The average molecular weight is 188 g/mol. The van der Waals surface area contributed by atoms with Gasteiger partial charge in [0.15, 0.2) is 0 Å². The number of hydrogen-bond acceptors (Lipinski definition) is 0. The van der Waals surface area contributed by atoms with Crippen molar-refractivity contribution in [3.63, 3.8) is 0 Å². The van der Waals surface area contributed by atoms with Crippen LogP contribution in [0.5, 0.6) is 0 Å². The summed E-state index contributed by atoms with van der Waals surface area (Å²) in [6.07, 6.45) is 4.39. The third-order valence-electron chi connectivity index (χ3n) is 0.500. The van der Waals surface area contributed by atoms with Crippen LogP contribution in [0.15, 0.2) is 25.8 Å². The molecular formula is C13H32. The van der Waals surface area contributed by atoms with E-state index in [0.717, 1.165) is 0 Å². The first-order chi connectivity index (χ1) is 6.33. The third-order valence-corrected chi connectivity index (χ3v) is 0.500. The largest absolute Gasteiger partial charge is 0.106 e. The second kappa shape index (κ2) is 205. The van der Waals surface area contributed by atoms with Crippen molar-refractivity contribution < 1.29 is 0 Å². The molecule has 0 saturated carbocycles. The monoisotopic (exact) mass is 188 g/mol. The van der Waals surface area contributed by atoms with E-state index in [1.54, 1.807) is 6.08 Å². The van der Waals surface area contributed by atoms with Crippen molar-refractivity contribution in [3.05, 3.63) is 25.8 Å². The quantitative estimate of drug-likeness (QED) is 0.453. The van der Waals surface area contributed by atoms with E-state index >= 15 is 0 Å². The van der Waals surface area contributed by atoms with Crippen molar-refractivity contribution in [3.8, 4) is 0 Å². The molecule has 0 fully saturated rings. The van der Waals surface area contributed by atoms with Gasteiger partial charge in [0.1, 0.15) is 0 Å². The Hall–Kier alpha value is -0.520. The Morgan fingerprint density at radius 2 is 0.923 bits per heavy atom. The Balaban J connectivity index is -0.0000000215. The standard InChI is InChI=1S/C4H10.C3H6.2C2H6.C2H4/c1-3-4-2;1-3-2;3*1-2/h3-4H2,1-2H3;3H,1H2,2H3;2*1-2H3;1-2H2. The summed E-state index contributed by atoms with van der Waals surface area (Å²) >= 11 is 0. The lowest BCUT2D eigenvalue weighted by Crippen LogP contribution is -1.47. The lowest BCUT2D eigenvalue weighted by Gasteiger charge is -1.68. The molecule has 13 heavy (non-hydrogen) atoms. The molecule has 0 bridgehead atoms. The molecule has 0 N–H and O–H groups in total. The molecule has 0 heterocycles. The molecule has 0 saturated heterocycles. The highest BCUT2D eigenvalue weighted by molar-refractivity contribution is 4.51. The lowest BCUT2D eigenvalue weighted by molar-refractivity contribution is 0.886. The number of hydrogen-bond donors (Lipinski definition) is 0. The molecule has 0 unspecified atom stereocenters. The average Bonchev–Trinajstić information content (AvgIpc) is 2.27. The third kappa shape index (κ3) is 4480. The van der Waals surface area contributed by atoms with Crippen LogP contribution in [0.4, 0.5) is 0 Å². The molecule has 0 heteroatoms. The summed E-state index contributed by atoms with van der Waals surface area (Å²) in [6, 6.07) is 0. The molecular weight excluding hydrogens is 156 g/mol. The van der Waals surface area contributed by atoms with Crippen LogP contribution >= 0.6 is 0 Å². The lowest BCUT2D eigenvalue weighted by atomic mass is 10.4. The number of allylic oxidation sites excluding steroid dienone is 1. The van der Waals surface area contributed by atoms with Crippen molar-refractivity contribution in [2.75, 3.05) is 0 Å². The zero-order valence-electron chi connectivity index (χ0n) is 11.1. The van der Waals surface area contributed by atoms with Crippen molar-refractivity contribution in [2.45, 2.75) is 61.3 Å². The van der Waals surface area contributed by atoms with Gasteiger partial charge >= 0.3 is 0 Å². The van der Waals surface area contributed by atoms with Gasteiger partial charge in [0, 0.05) is 0 Å². The highest BCUT2D eigenvalue weighted by atomic mass is 13.6. The van der Waals surface area contributed by atoms with Gasteiger partial charge in [0.05, 0.1) is 0 Å². The topological polar surface area (TPSA) is 0 Å². The SMILES string of the molecule is C=C.C=CC.CC.CC.CCCC. The van der Waals surface area contributed by atoms with Crippen LogP contribution < -0.4 is 0 Å². The minimum Gasteiger partial charge on any atom is -0.106 e. The van der Waals surface area contributed by atoms with Gasteiger partial charge in [-0.1, -0.05) is 60.5 Å². The molecule has 0 radical (unpaired) electrons. The second-order valence-corrected chi connectivity index (χ2v) is 1.41. The fourth-order valence-corrected chi connectivity index (χ4v) is 0. The molecule has 84 valence electrons. The summed E-state index contributed by atoms with van der Waals surface area (Å²) in [4.78, 5) is 0. The normalized spacial score (nSPS) is 4.54. The number of unbranched alkanes of at least 4 members (excludes halogenated alkanes) is 1. The van der Waals surface area contributed by atoms with Crippen molar-refractivity contribution >= 4 is 0 Å². The molecule has 0 atom stereocenters. The molecule has 0 aromatic rings. The van der Waals surface area contributed by atoms with Gasteiger partial charge in [-0.25, -0.2) is 0 Å². The predicted molar refractivity (Wildman–Crippen MR) is 70.4 cm³/mol. The highest BCUT2D eigenvalue weighted by Crippen LogP contribution is 1.76. The minimum atomic E-state index is 1.32. The smallest absolute Gasteiger partial charge is 0.0473 e. The van der Waals surface area contributed by atoms with Crippen LogP contribution in [0.25, 0.3) is 0 Å². The van der Waals surface area contributed by atoms with E-state index in [0.29, 0.717) is 0 Å². The summed E-state index contributed by atoms with van der Waals surface area (Å²) in [7, 11) is 0. The van der Waals surface area contributed by atoms with E-state index in [1.165, 1.54) is 12.8 Å². The highest BCUT2D eigenvalue weighted by Gasteiger charge is 1.56. The van der Waals surface area contributed by atoms with Gasteiger partial charge in [-0.2, -0.15) is 0 Å². The molecule has 0 aliphatic rings. The molecule has 0 aliphatic carbocycles. The maximum absolute atomic E-state index is 3.36. The van der Waals surface area contributed by atoms with Gasteiger partial charge in [-0.3, -0.25) is 0 Å². The molecule has 0 aliphatic heterocycles. The van der Waals surface area contributed by atoms with Gasteiger partial charge in [-0.05, 0) is 6.92 Å². The van der Waals surface area contributed by atoms with Crippen molar-refractivity contribution in [2.24, 2.45) is 0 Å². The van der Waals surface area contributed by atoms with E-state index < -0.39 is 0 Å². The molecule has 0 aromatic heterocycles. The van der Waals surface area contributed by atoms with Crippen LogP contribution in [0.3, 0.4) is 0 Å². The minimum absolute atomic E-state index is 1.32. The van der Waals surface area contributed by atoms with Crippen LogP contribution in [0.1, 0.15) is 61.3 Å². The Labute approximate surface area is 87.8 Å². The zero-order chi connectivity index (χ0) is 12.1. The maximum atomic E-state index is 3.36. The number of rotatable bonds is 1. The fourth-order valence-electron chi connectivity index (χ4n) is 0. The zero-order valence-corrected chi connectivity index (χ0v) is 11.1. The van der Waals surface area contributed by atoms with E-state index in [-0.39, 0.29) is 0 Å². The summed E-state index contributed by atoms with van der Waals surface area (Å²) in [5.74, 6) is 0. The van der Waals surface area contributed by atoms with E-state index in [9.17, 15) is 0 Å². The van der Waals surface area contributed by atoms with Crippen LogP contribution in [0.2, 0.25) is 0 Å². The van der Waals surface area contributed by atoms with Crippen LogP contribution in [-0.2, 0) is 0 Å². The second-order valence-electron chi connectivity index (χ2n) is 1.41. The molecule has 0 rings (SSSR count). The molecule has 0 amide bonds. The molecule has 0 nitrogen and oxygen atoms in total. The summed E-state index contributed by atoms with van der Waals surface area (Å²) < 4.78 is 0. The summed E-state index contributed by atoms with van der Waals surface area (Å²) in [5.41, 5.74) is 0. The molecule has 0 spiro atoms. The van der Waals surface area contributed by atoms with E-state index in [2.05, 4.69) is 33.6 Å². The summed E-state index contributed by atoms with van der Waals surface area (Å²) in [5, 5.41) is 0. The Kier molecular flexibility index (Phi) is 464. The van der Waals surface area contributed by atoms with Crippen LogP contribution in [-0.4, -0.2) is 0 Å². The van der Waals surface area contributed by atoms with E-state index in [4.69, 9.17) is 0 Å². The Bertz CT molecular complexity index is 27.0. The fraction of sp³-hybridized carbons (Fsp3) is 0.692. The summed E-state index contributed by atoms with van der Waals surface area (Å²) in [6.45, 7) is 23.6. The van der Waals surface area contributed by atoms with Gasteiger partial charge in [0.2, 0.25) is 0 Å². The Morgan fingerprint density at radius 3 is 0.923 bits per heavy atom. The Morgan fingerprint density at radius 1 is 0.846 bits per heavy atom. The molecule has 0 aromatic carbocycles. The van der Waals surface area contributed by atoms with Gasteiger partial charge in [-0.15, -0.1) is 19.7 Å². The van der Waals surface area contributed by atoms with Crippen LogP contribution in [0, 0.1) is 0 Å². The van der Waals surface area contributed by atoms with Gasteiger partial charge in [0.25, 0.3) is 0 Å². The predicted octanol–water partition coefficient (Wildman–Crippen LogP) is 5.85. The van der Waals surface area contributed by atoms with Gasteiger partial charge < -0.3 is 0 Å². The first kappa shape index (κ1) is 29.4. The maximum Gasteiger partial charge on any atom is -0.0473 e. The first-order valence-electron chi connectivity index (χ1n) is 5.40. The van der Waals surface area contributed by atoms with Crippen molar-refractivity contribution in [1.82, 2.24) is 0 Å². The van der Waals surface area contributed by atoms with Crippen molar-refractivity contribution in [1.29, 1.82) is 0 Å². The van der Waals surface area contributed by atoms with E-state index in [1.807, 2.05) is 34.6 Å².